The van der Waals surface area contributed by atoms with Gasteiger partial charge in [0.25, 0.3) is 0 Å². The van der Waals surface area contributed by atoms with Gasteiger partial charge in [-0.05, 0) is 36.5 Å². The molecule has 0 aliphatic heterocycles. The van der Waals surface area contributed by atoms with Gasteiger partial charge in [-0.1, -0.05) is 39.8 Å². The first-order valence-corrected chi connectivity index (χ1v) is 5.89. The Kier molecular flexibility index (Phi) is 6.85. The molecule has 0 saturated heterocycles. The molecule has 0 amide bonds. The molecule has 0 radical (unpaired) electrons. The van der Waals surface area contributed by atoms with E-state index in [1.54, 1.807) is 7.11 Å². The average Bonchev–Trinajstić information content (AvgIpc) is 2.30. The van der Waals surface area contributed by atoms with Crippen LogP contribution in [0.5, 0.6) is 5.75 Å². The minimum Gasteiger partial charge on any atom is -0.496 e. The van der Waals surface area contributed by atoms with Crippen molar-refractivity contribution in [1.82, 2.24) is 0 Å². The topological polar surface area (TPSA) is 9.23 Å². The van der Waals surface area contributed by atoms with Gasteiger partial charge in [-0.25, -0.2) is 0 Å². The van der Waals surface area contributed by atoms with Crippen LogP contribution in [-0.4, -0.2) is 7.11 Å². The molecule has 0 spiro atoms. The van der Waals surface area contributed by atoms with E-state index in [0.29, 0.717) is 0 Å². The van der Waals surface area contributed by atoms with Crippen LogP contribution in [0.15, 0.2) is 12.1 Å². The summed E-state index contributed by atoms with van der Waals surface area (Å²) in [5.41, 5.74) is 3.97. The maximum atomic E-state index is 5.37. The maximum Gasteiger partial charge on any atom is 0.124 e. The molecule has 0 aliphatic rings. The van der Waals surface area contributed by atoms with Crippen LogP contribution in [0.4, 0.5) is 0 Å². The van der Waals surface area contributed by atoms with E-state index in [0.717, 1.165) is 18.6 Å². The predicted molar refractivity (Wildman–Crippen MR) is 67.8 cm³/mol. The van der Waals surface area contributed by atoms with Crippen molar-refractivity contribution in [1.29, 1.82) is 0 Å². The molecule has 0 fully saturated rings. The van der Waals surface area contributed by atoms with Crippen molar-refractivity contribution >= 4 is 0 Å². The number of methoxy groups -OCH3 is 1. The molecule has 86 valence electrons. The van der Waals surface area contributed by atoms with Crippen molar-refractivity contribution in [3.63, 3.8) is 0 Å². The molecular formula is C14H24O. The number of benzene rings is 1. The van der Waals surface area contributed by atoms with E-state index in [4.69, 9.17) is 4.74 Å². The van der Waals surface area contributed by atoms with Gasteiger partial charge in [0.1, 0.15) is 5.75 Å². The van der Waals surface area contributed by atoms with Gasteiger partial charge in [0.15, 0.2) is 0 Å². The summed E-state index contributed by atoms with van der Waals surface area (Å²) in [7, 11) is 1.74. The quantitative estimate of drug-likeness (QED) is 0.725. The Morgan fingerprint density at radius 3 is 2.07 bits per heavy atom. The van der Waals surface area contributed by atoms with Gasteiger partial charge in [0.05, 0.1) is 7.11 Å². The van der Waals surface area contributed by atoms with Crippen LogP contribution < -0.4 is 4.74 Å². The summed E-state index contributed by atoms with van der Waals surface area (Å²) >= 11 is 0. The number of rotatable bonds is 3. The molecule has 15 heavy (non-hydrogen) atoms. The molecule has 0 saturated carbocycles. The van der Waals surface area contributed by atoms with Gasteiger partial charge in [0, 0.05) is 0 Å². The normalized spacial score (nSPS) is 9.20. The molecule has 0 aliphatic carbocycles. The zero-order valence-corrected chi connectivity index (χ0v) is 11.0. The van der Waals surface area contributed by atoms with Crippen LogP contribution in [0.25, 0.3) is 0 Å². The summed E-state index contributed by atoms with van der Waals surface area (Å²) in [5, 5.41) is 0. The number of aryl methyl sites for hydroxylation is 3. The second-order valence-corrected chi connectivity index (χ2v) is 3.31. The van der Waals surface area contributed by atoms with Crippen molar-refractivity contribution in [3.8, 4) is 5.75 Å². The molecule has 1 aromatic carbocycles. The predicted octanol–water partition coefficient (Wildman–Crippen LogP) is 4.15. The van der Waals surface area contributed by atoms with E-state index >= 15 is 0 Å². The van der Waals surface area contributed by atoms with E-state index in [-0.39, 0.29) is 0 Å². The Balaban J connectivity index is 0.000000921. The van der Waals surface area contributed by atoms with Crippen LogP contribution in [0.2, 0.25) is 0 Å². The highest BCUT2D eigenvalue weighted by atomic mass is 16.5. The highest BCUT2D eigenvalue weighted by molar-refractivity contribution is 5.44. The lowest BCUT2D eigenvalue weighted by Gasteiger charge is -2.11. The molecule has 0 atom stereocenters. The van der Waals surface area contributed by atoms with Gasteiger partial charge in [0.2, 0.25) is 0 Å². The Morgan fingerprint density at radius 2 is 1.67 bits per heavy atom. The van der Waals surface area contributed by atoms with Crippen LogP contribution in [0.1, 0.15) is 44.4 Å². The SMILES string of the molecule is CC.CCc1cc(C)c(OC)c(CC)c1. The first kappa shape index (κ1) is 14.0. The minimum atomic E-state index is 1.04. The largest absolute Gasteiger partial charge is 0.496 e. The summed E-state index contributed by atoms with van der Waals surface area (Å²) in [5.74, 6) is 1.06. The fourth-order valence-electron chi connectivity index (χ4n) is 1.69. The standard InChI is InChI=1S/C12H18O.C2H6/c1-5-10-7-9(3)12(13-4)11(6-2)8-10;1-2/h7-8H,5-6H2,1-4H3;1-2H3. The molecular weight excluding hydrogens is 184 g/mol. The number of hydrogen-bond donors (Lipinski definition) is 0. The van der Waals surface area contributed by atoms with Gasteiger partial charge >= 0.3 is 0 Å². The second kappa shape index (κ2) is 7.33. The highest BCUT2D eigenvalue weighted by Gasteiger charge is 2.05. The van der Waals surface area contributed by atoms with Crippen LogP contribution in [-0.2, 0) is 12.8 Å². The zero-order chi connectivity index (χ0) is 11.8. The van der Waals surface area contributed by atoms with Gasteiger partial charge in [-0.2, -0.15) is 0 Å². The maximum absolute atomic E-state index is 5.37. The molecule has 1 heteroatoms. The lowest BCUT2D eigenvalue weighted by molar-refractivity contribution is 0.407. The third-order valence-corrected chi connectivity index (χ3v) is 2.40. The van der Waals surface area contributed by atoms with E-state index in [1.807, 2.05) is 13.8 Å². The van der Waals surface area contributed by atoms with E-state index in [1.165, 1.54) is 16.7 Å². The molecule has 0 heterocycles. The summed E-state index contributed by atoms with van der Waals surface area (Å²) in [4.78, 5) is 0. The third-order valence-electron chi connectivity index (χ3n) is 2.40. The summed E-state index contributed by atoms with van der Waals surface area (Å²) in [6.45, 7) is 10.5. The van der Waals surface area contributed by atoms with Crippen molar-refractivity contribution < 1.29 is 4.74 Å². The first-order chi connectivity index (χ1) is 7.22. The van der Waals surface area contributed by atoms with Crippen molar-refractivity contribution in [2.75, 3.05) is 7.11 Å². The Hall–Kier alpha value is -0.980. The van der Waals surface area contributed by atoms with Crippen LogP contribution >= 0.6 is 0 Å². The van der Waals surface area contributed by atoms with Gasteiger partial charge in [-0.15, -0.1) is 0 Å². The number of ether oxygens (including phenoxy) is 1. The molecule has 1 rings (SSSR count). The fourth-order valence-corrected chi connectivity index (χ4v) is 1.69. The summed E-state index contributed by atoms with van der Waals surface area (Å²) in [6, 6.07) is 4.45. The Bertz CT molecular complexity index is 290. The molecule has 0 aromatic heterocycles. The smallest absolute Gasteiger partial charge is 0.124 e. The molecule has 0 unspecified atom stereocenters. The van der Waals surface area contributed by atoms with Crippen LogP contribution in [0, 0.1) is 6.92 Å². The van der Waals surface area contributed by atoms with Gasteiger partial charge in [-0.3, -0.25) is 0 Å². The number of hydrogen-bond acceptors (Lipinski definition) is 1. The third kappa shape index (κ3) is 3.58. The second-order valence-electron chi connectivity index (χ2n) is 3.31. The minimum absolute atomic E-state index is 1.04. The van der Waals surface area contributed by atoms with E-state index in [2.05, 4.69) is 32.9 Å². The molecule has 1 nitrogen and oxygen atoms in total. The van der Waals surface area contributed by atoms with Crippen molar-refractivity contribution in [2.24, 2.45) is 0 Å². The average molecular weight is 208 g/mol. The molecule has 0 N–H and O–H groups in total. The molecule has 1 aromatic rings. The molecule has 0 bridgehead atoms. The fraction of sp³-hybridized carbons (Fsp3) is 0.571. The summed E-state index contributed by atoms with van der Waals surface area (Å²) in [6.07, 6.45) is 2.13. The van der Waals surface area contributed by atoms with Gasteiger partial charge < -0.3 is 4.74 Å². The van der Waals surface area contributed by atoms with Crippen LogP contribution in [0.3, 0.4) is 0 Å². The highest BCUT2D eigenvalue weighted by Crippen LogP contribution is 2.25. The lowest BCUT2D eigenvalue weighted by atomic mass is 10.0. The first-order valence-electron chi connectivity index (χ1n) is 5.89. The zero-order valence-electron chi connectivity index (χ0n) is 11.0. The monoisotopic (exact) mass is 208 g/mol. The Morgan fingerprint density at radius 1 is 1.07 bits per heavy atom. The van der Waals surface area contributed by atoms with E-state index < -0.39 is 0 Å². The summed E-state index contributed by atoms with van der Waals surface area (Å²) < 4.78 is 5.37. The van der Waals surface area contributed by atoms with Crippen molar-refractivity contribution in [3.05, 3.63) is 28.8 Å². The Labute approximate surface area is 94.5 Å². The van der Waals surface area contributed by atoms with Crippen molar-refractivity contribution in [2.45, 2.75) is 47.5 Å². The lowest BCUT2D eigenvalue weighted by Crippen LogP contribution is -1.95. The van der Waals surface area contributed by atoms with E-state index in [9.17, 15) is 0 Å².